The first kappa shape index (κ1) is 13.0. The summed E-state index contributed by atoms with van der Waals surface area (Å²) in [6.07, 6.45) is -5.47. The summed E-state index contributed by atoms with van der Waals surface area (Å²) in [4.78, 5) is 4.53. The summed E-state index contributed by atoms with van der Waals surface area (Å²) in [6.45, 7) is 1.71. The molecular weight excluding hydrogens is 263 g/mol. The molecule has 0 aliphatic rings. The van der Waals surface area contributed by atoms with Gasteiger partial charge >= 0.3 is 6.18 Å². The summed E-state index contributed by atoms with van der Waals surface area (Å²) in [5, 5.41) is 10.1. The van der Waals surface area contributed by atoms with Gasteiger partial charge in [-0.15, -0.1) is 11.3 Å². The van der Waals surface area contributed by atoms with Crippen molar-refractivity contribution in [1.29, 1.82) is 0 Å². The van der Waals surface area contributed by atoms with Gasteiger partial charge in [0.25, 0.3) is 0 Å². The van der Waals surface area contributed by atoms with Crippen LogP contribution in [0.25, 0.3) is 0 Å². The van der Waals surface area contributed by atoms with Gasteiger partial charge in [-0.05, 0) is 24.6 Å². The minimum absolute atomic E-state index is 0.220. The smallest absolute Gasteiger partial charge is 0.383 e. The van der Waals surface area contributed by atoms with Crippen LogP contribution in [0, 0.1) is 6.92 Å². The molecule has 0 radical (unpaired) electrons. The zero-order chi connectivity index (χ0) is 13.3. The van der Waals surface area contributed by atoms with Crippen LogP contribution in [0.5, 0.6) is 0 Å². The molecule has 0 spiro atoms. The van der Waals surface area contributed by atoms with Crippen LogP contribution in [0.4, 0.5) is 13.2 Å². The van der Waals surface area contributed by atoms with E-state index < -0.39 is 17.8 Å². The number of thiazole rings is 1. The molecule has 96 valence electrons. The van der Waals surface area contributed by atoms with Crippen molar-refractivity contribution in [2.45, 2.75) is 19.2 Å². The van der Waals surface area contributed by atoms with E-state index in [1.54, 1.807) is 12.4 Å². The Hall–Kier alpha value is -1.40. The minimum atomic E-state index is -4.40. The molecular formula is C12H10F3NOS. The first-order chi connectivity index (χ1) is 8.39. The van der Waals surface area contributed by atoms with Crippen LogP contribution >= 0.6 is 11.3 Å². The lowest BCUT2D eigenvalue weighted by Crippen LogP contribution is -2.07. The van der Waals surface area contributed by atoms with Crippen molar-refractivity contribution in [3.63, 3.8) is 0 Å². The van der Waals surface area contributed by atoms with Crippen LogP contribution in [0.2, 0.25) is 0 Å². The molecule has 1 aromatic heterocycles. The third-order valence-corrected chi connectivity index (χ3v) is 3.54. The molecule has 1 N–H and O–H groups in total. The first-order valence-corrected chi connectivity index (χ1v) is 6.03. The van der Waals surface area contributed by atoms with Gasteiger partial charge in [0.1, 0.15) is 6.10 Å². The molecule has 0 aliphatic heterocycles. The maximum absolute atomic E-state index is 12.6. The van der Waals surface area contributed by atoms with Crippen molar-refractivity contribution in [2.75, 3.05) is 0 Å². The van der Waals surface area contributed by atoms with E-state index in [1.807, 2.05) is 0 Å². The number of alkyl halides is 3. The predicted molar refractivity (Wildman–Crippen MR) is 62.4 cm³/mol. The average Bonchev–Trinajstić information content (AvgIpc) is 2.73. The molecule has 0 saturated carbocycles. The first-order valence-electron chi connectivity index (χ1n) is 5.15. The zero-order valence-corrected chi connectivity index (χ0v) is 10.2. The summed E-state index contributed by atoms with van der Waals surface area (Å²) in [6, 6.07) is 4.70. The van der Waals surface area contributed by atoms with Crippen molar-refractivity contribution in [2.24, 2.45) is 0 Å². The Kier molecular flexibility index (Phi) is 3.41. The SMILES string of the molecule is Cc1ncsc1C(O)c1cccc(C(F)(F)F)c1. The molecule has 6 heteroatoms. The van der Waals surface area contributed by atoms with Gasteiger partial charge in [-0.25, -0.2) is 4.98 Å². The molecule has 0 fully saturated rings. The number of hydrogen-bond donors (Lipinski definition) is 1. The second-order valence-corrected chi connectivity index (χ2v) is 4.71. The Morgan fingerprint density at radius 3 is 2.61 bits per heavy atom. The third-order valence-electron chi connectivity index (χ3n) is 2.56. The summed E-state index contributed by atoms with van der Waals surface area (Å²) in [5.41, 5.74) is 1.64. The second kappa shape index (κ2) is 4.70. The Bertz CT molecular complexity index is 550. The van der Waals surface area contributed by atoms with Crippen molar-refractivity contribution in [3.05, 3.63) is 51.5 Å². The van der Waals surface area contributed by atoms with E-state index in [0.29, 0.717) is 10.6 Å². The fourth-order valence-corrected chi connectivity index (χ4v) is 2.42. The van der Waals surface area contributed by atoms with Crippen molar-refractivity contribution < 1.29 is 18.3 Å². The Morgan fingerprint density at radius 2 is 2.06 bits per heavy atom. The molecule has 1 atom stereocenters. The summed E-state index contributed by atoms with van der Waals surface area (Å²) in [5.74, 6) is 0. The number of benzene rings is 1. The van der Waals surface area contributed by atoms with Crippen LogP contribution < -0.4 is 0 Å². The van der Waals surface area contributed by atoms with Crippen molar-refractivity contribution >= 4 is 11.3 Å². The number of nitrogens with zero attached hydrogens (tertiary/aromatic N) is 1. The standard InChI is InChI=1S/C12H10F3NOS/c1-7-11(18-6-16-7)10(17)8-3-2-4-9(5-8)12(13,14)15/h2-6,10,17H,1H3. The molecule has 1 heterocycles. The number of hydrogen-bond acceptors (Lipinski definition) is 3. The quantitative estimate of drug-likeness (QED) is 0.907. The number of halogens is 3. The van der Waals surface area contributed by atoms with Gasteiger partial charge in [0, 0.05) is 0 Å². The Balaban J connectivity index is 2.38. The van der Waals surface area contributed by atoms with Gasteiger partial charge in [0.05, 0.1) is 21.6 Å². The van der Waals surface area contributed by atoms with E-state index in [9.17, 15) is 18.3 Å². The molecule has 1 unspecified atom stereocenters. The molecule has 1 aromatic carbocycles. The number of aryl methyl sites for hydroxylation is 1. The molecule has 0 bridgehead atoms. The van der Waals surface area contributed by atoms with E-state index in [4.69, 9.17) is 0 Å². The van der Waals surface area contributed by atoms with E-state index in [-0.39, 0.29) is 5.56 Å². The van der Waals surface area contributed by atoms with Crippen molar-refractivity contribution in [3.8, 4) is 0 Å². The van der Waals surface area contributed by atoms with Crippen LogP contribution in [0.3, 0.4) is 0 Å². The molecule has 0 aliphatic carbocycles. The fraction of sp³-hybridized carbons (Fsp3) is 0.250. The van der Waals surface area contributed by atoms with Crippen molar-refractivity contribution in [1.82, 2.24) is 4.98 Å². The lowest BCUT2D eigenvalue weighted by atomic mass is 10.0. The highest BCUT2D eigenvalue weighted by atomic mass is 32.1. The van der Waals surface area contributed by atoms with Gasteiger partial charge in [-0.3, -0.25) is 0 Å². The molecule has 2 rings (SSSR count). The Morgan fingerprint density at radius 1 is 1.33 bits per heavy atom. The zero-order valence-electron chi connectivity index (χ0n) is 9.40. The number of aliphatic hydroxyl groups is 1. The van der Waals surface area contributed by atoms with Crippen LogP contribution in [0.1, 0.15) is 27.8 Å². The summed E-state index contributed by atoms with van der Waals surface area (Å²) >= 11 is 1.22. The van der Waals surface area contributed by atoms with Gasteiger partial charge in [-0.1, -0.05) is 12.1 Å². The van der Waals surface area contributed by atoms with Crippen LogP contribution in [-0.4, -0.2) is 10.1 Å². The maximum Gasteiger partial charge on any atom is 0.416 e. The highest BCUT2D eigenvalue weighted by molar-refractivity contribution is 7.09. The highest BCUT2D eigenvalue weighted by Gasteiger charge is 2.31. The minimum Gasteiger partial charge on any atom is -0.383 e. The Labute approximate surface area is 106 Å². The normalized spacial score (nSPS) is 13.6. The van der Waals surface area contributed by atoms with Gasteiger partial charge < -0.3 is 5.11 Å². The van der Waals surface area contributed by atoms with Crippen LogP contribution in [0.15, 0.2) is 29.8 Å². The van der Waals surface area contributed by atoms with E-state index >= 15 is 0 Å². The lowest BCUT2D eigenvalue weighted by Gasteiger charge is -2.13. The highest BCUT2D eigenvalue weighted by Crippen LogP contribution is 2.33. The lowest BCUT2D eigenvalue weighted by molar-refractivity contribution is -0.137. The van der Waals surface area contributed by atoms with Gasteiger partial charge in [0.15, 0.2) is 0 Å². The monoisotopic (exact) mass is 273 g/mol. The van der Waals surface area contributed by atoms with E-state index in [1.165, 1.54) is 23.5 Å². The maximum atomic E-state index is 12.6. The van der Waals surface area contributed by atoms with E-state index in [2.05, 4.69) is 4.98 Å². The number of rotatable bonds is 2. The van der Waals surface area contributed by atoms with Crippen LogP contribution in [-0.2, 0) is 6.18 Å². The topological polar surface area (TPSA) is 33.1 Å². The molecule has 0 saturated heterocycles. The molecule has 0 amide bonds. The van der Waals surface area contributed by atoms with Gasteiger partial charge in [0.2, 0.25) is 0 Å². The molecule has 2 aromatic rings. The predicted octanol–water partition coefficient (Wildman–Crippen LogP) is 3.55. The average molecular weight is 273 g/mol. The number of aromatic nitrogens is 1. The number of aliphatic hydroxyl groups excluding tert-OH is 1. The summed E-state index contributed by atoms with van der Waals surface area (Å²) < 4.78 is 37.7. The van der Waals surface area contributed by atoms with Gasteiger partial charge in [-0.2, -0.15) is 13.2 Å². The molecule has 18 heavy (non-hydrogen) atoms. The fourth-order valence-electron chi connectivity index (χ4n) is 1.61. The second-order valence-electron chi connectivity index (χ2n) is 3.83. The summed E-state index contributed by atoms with van der Waals surface area (Å²) in [7, 11) is 0. The molecule has 2 nitrogen and oxygen atoms in total. The van der Waals surface area contributed by atoms with E-state index in [0.717, 1.165) is 12.1 Å². The largest absolute Gasteiger partial charge is 0.416 e. The third kappa shape index (κ3) is 2.54.